The molecule has 0 spiro atoms. The maximum Gasteiger partial charge on any atom is 0.219 e. The Labute approximate surface area is 117 Å². The highest BCUT2D eigenvalue weighted by Crippen LogP contribution is 2.15. The van der Waals surface area contributed by atoms with Gasteiger partial charge in [-0.15, -0.1) is 0 Å². The minimum atomic E-state index is 0.186. The van der Waals surface area contributed by atoms with Gasteiger partial charge in [0.2, 0.25) is 5.91 Å². The molecule has 1 saturated heterocycles. The van der Waals surface area contributed by atoms with E-state index in [1.54, 1.807) is 6.21 Å². The third kappa shape index (κ3) is 6.79. The van der Waals surface area contributed by atoms with Crippen molar-refractivity contribution in [3.8, 4) is 0 Å². The van der Waals surface area contributed by atoms with Gasteiger partial charge in [0.05, 0.1) is 4.48 Å². The standard InChI is InChI=1S/C13H22BrN3O/c14-11(9-15)10-17-12-5-1-2-7-13(18)16-8-4-3-6-12/h9-10,12H,1-8,15H2,(H,16,18)/t12-/m0/s1. The molecule has 0 aliphatic carbocycles. The van der Waals surface area contributed by atoms with E-state index >= 15 is 0 Å². The van der Waals surface area contributed by atoms with Crippen LogP contribution in [-0.4, -0.2) is 24.7 Å². The molecule has 0 aromatic rings. The van der Waals surface area contributed by atoms with Gasteiger partial charge in [-0.3, -0.25) is 9.79 Å². The quantitative estimate of drug-likeness (QED) is 0.769. The molecule has 0 radical (unpaired) electrons. The van der Waals surface area contributed by atoms with E-state index in [4.69, 9.17) is 5.73 Å². The van der Waals surface area contributed by atoms with Crippen molar-refractivity contribution in [2.45, 2.75) is 51.0 Å². The molecule has 0 saturated carbocycles. The zero-order valence-corrected chi connectivity index (χ0v) is 12.3. The number of nitrogens with two attached hydrogens (primary N) is 1. The predicted molar refractivity (Wildman–Crippen MR) is 78.8 cm³/mol. The Morgan fingerprint density at radius 1 is 1.33 bits per heavy atom. The normalized spacial score (nSPS) is 24.6. The molecule has 18 heavy (non-hydrogen) atoms. The summed E-state index contributed by atoms with van der Waals surface area (Å²) >= 11 is 3.32. The van der Waals surface area contributed by atoms with Crippen LogP contribution in [0.4, 0.5) is 0 Å². The smallest absolute Gasteiger partial charge is 0.219 e. The molecule has 1 atom stereocenters. The SMILES string of the molecule is NC=C(Br)C=N[C@@H]1CCCCNC(=O)CCCC1. The van der Waals surface area contributed by atoms with Gasteiger partial charge in [-0.1, -0.05) is 6.42 Å². The molecule has 5 heteroatoms. The lowest BCUT2D eigenvalue weighted by Gasteiger charge is -2.11. The van der Waals surface area contributed by atoms with Gasteiger partial charge in [-0.2, -0.15) is 0 Å². The van der Waals surface area contributed by atoms with Crippen molar-refractivity contribution in [3.05, 3.63) is 10.7 Å². The van der Waals surface area contributed by atoms with Crippen molar-refractivity contribution < 1.29 is 4.79 Å². The third-order valence-corrected chi connectivity index (χ3v) is 3.51. The second-order valence-electron chi connectivity index (χ2n) is 4.58. The van der Waals surface area contributed by atoms with Gasteiger partial charge in [0, 0.05) is 31.4 Å². The van der Waals surface area contributed by atoms with E-state index in [-0.39, 0.29) is 5.91 Å². The fourth-order valence-electron chi connectivity index (χ4n) is 2.00. The number of nitrogens with one attached hydrogen (secondary N) is 1. The van der Waals surface area contributed by atoms with Gasteiger partial charge in [0.15, 0.2) is 0 Å². The Balaban J connectivity index is 2.45. The van der Waals surface area contributed by atoms with Crippen molar-refractivity contribution >= 4 is 28.1 Å². The van der Waals surface area contributed by atoms with Crippen LogP contribution < -0.4 is 11.1 Å². The van der Waals surface area contributed by atoms with Crippen LogP contribution in [0.25, 0.3) is 0 Å². The molecule has 0 bridgehead atoms. The molecule has 1 heterocycles. The number of allylic oxidation sites excluding steroid dienone is 1. The topological polar surface area (TPSA) is 67.5 Å². The van der Waals surface area contributed by atoms with E-state index in [0.29, 0.717) is 12.5 Å². The number of halogens is 1. The highest BCUT2D eigenvalue weighted by molar-refractivity contribution is 9.12. The number of carbonyl (C=O) groups excluding carboxylic acids is 1. The number of hydrogen-bond acceptors (Lipinski definition) is 3. The molecule has 0 aromatic carbocycles. The first-order chi connectivity index (χ1) is 8.72. The first-order valence-corrected chi connectivity index (χ1v) is 7.39. The molecule has 1 amide bonds. The van der Waals surface area contributed by atoms with Gasteiger partial charge in [-0.05, 0) is 48.0 Å². The minimum Gasteiger partial charge on any atom is -0.404 e. The maximum absolute atomic E-state index is 11.4. The van der Waals surface area contributed by atoms with Crippen LogP contribution >= 0.6 is 15.9 Å². The lowest BCUT2D eigenvalue weighted by molar-refractivity contribution is -0.121. The van der Waals surface area contributed by atoms with Crippen LogP contribution in [0, 0.1) is 0 Å². The number of aliphatic imine (C=N–C) groups is 1. The maximum atomic E-state index is 11.4. The first-order valence-electron chi connectivity index (χ1n) is 6.59. The van der Waals surface area contributed by atoms with Crippen molar-refractivity contribution in [2.75, 3.05) is 6.54 Å². The molecule has 102 valence electrons. The van der Waals surface area contributed by atoms with Gasteiger partial charge in [0.1, 0.15) is 0 Å². The molecular formula is C13H22BrN3O. The molecule has 0 aromatic heterocycles. The second kappa shape index (κ2) is 9.14. The summed E-state index contributed by atoms with van der Waals surface area (Å²) in [4.78, 5) is 15.9. The summed E-state index contributed by atoms with van der Waals surface area (Å²) in [6, 6.07) is 0.353. The monoisotopic (exact) mass is 315 g/mol. The Bertz CT molecular complexity index is 315. The molecule has 1 aliphatic rings. The number of hydrogen-bond donors (Lipinski definition) is 2. The number of amides is 1. The van der Waals surface area contributed by atoms with Gasteiger partial charge >= 0.3 is 0 Å². The van der Waals surface area contributed by atoms with Crippen molar-refractivity contribution in [1.82, 2.24) is 5.32 Å². The van der Waals surface area contributed by atoms with Crippen LogP contribution in [0.5, 0.6) is 0 Å². The highest BCUT2D eigenvalue weighted by Gasteiger charge is 2.09. The molecule has 4 nitrogen and oxygen atoms in total. The van der Waals surface area contributed by atoms with E-state index in [0.717, 1.165) is 49.6 Å². The minimum absolute atomic E-state index is 0.186. The fourth-order valence-corrected chi connectivity index (χ4v) is 2.12. The van der Waals surface area contributed by atoms with Gasteiger partial charge < -0.3 is 11.1 Å². The third-order valence-electron chi connectivity index (χ3n) is 3.05. The van der Waals surface area contributed by atoms with E-state index in [1.807, 2.05) is 0 Å². The van der Waals surface area contributed by atoms with Crippen LogP contribution in [0.1, 0.15) is 44.9 Å². The number of carbonyl (C=O) groups is 1. The van der Waals surface area contributed by atoms with Crippen LogP contribution in [0.2, 0.25) is 0 Å². The Morgan fingerprint density at radius 2 is 2.06 bits per heavy atom. The predicted octanol–water partition coefficient (Wildman–Crippen LogP) is 2.48. The van der Waals surface area contributed by atoms with Gasteiger partial charge in [-0.25, -0.2) is 0 Å². The van der Waals surface area contributed by atoms with Crippen LogP contribution in [-0.2, 0) is 4.79 Å². The van der Waals surface area contributed by atoms with E-state index in [9.17, 15) is 4.79 Å². The largest absolute Gasteiger partial charge is 0.404 e. The van der Waals surface area contributed by atoms with Crippen LogP contribution in [0.3, 0.4) is 0 Å². The van der Waals surface area contributed by atoms with Crippen molar-refractivity contribution in [2.24, 2.45) is 10.7 Å². The lowest BCUT2D eigenvalue weighted by Crippen LogP contribution is -2.23. The summed E-state index contributed by atoms with van der Waals surface area (Å²) in [5.41, 5.74) is 5.38. The zero-order valence-electron chi connectivity index (χ0n) is 10.7. The number of rotatable bonds is 2. The molecule has 1 fully saturated rings. The summed E-state index contributed by atoms with van der Waals surface area (Å²) in [7, 11) is 0. The Kier molecular flexibility index (Phi) is 7.73. The van der Waals surface area contributed by atoms with Crippen molar-refractivity contribution in [3.63, 3.8) is 0 Å². The second-order valence-corrected chi connectivity index (χ2v) is 5.49. The van der Waals surface area contributed by atoms with E-state index in [2.05, 4.69) is 26.2 Å². The van der Waals surface area contributed by atoms with Gasteiger partial charge in [0.25, 0.3) is 0 Å². The molecule has 0 unspecified atom stereocenters. The van der Waals surface area contributed by atoms with E-state index in [1.165, 1.54) is 6.20 Å². The fraction of sp³-hybridized carbons (Fsp3) is 0.692. The summed E-state index contributed by atoms with van der Waals surface area (Å²) in [5, 5.41) is 2.94. The van der Waals surface area contributed by atoms with Crippen LogP contribution in [0.15, 0.2) is 15.7 Å². The molecule has 1 rings (SSSR count). The summed E-state index contributed by atoms with van der Waals surface area (Å²) in [5.74, 6) is 0.186. The van der Waals surface area contributed by atoms with E-state index < -0.39 is 0 Å². The molecule has 3 N–H and O–H groups in total. The summed E-state index contributed by atoms with van der Waals surface area (Å²) < 4.78 is 0.814. The molecule has 1 aliphatic heterocycles. The zero-order chi connectivity index (χ0) is 13.2. The summed E-state index contributed by atoms with van der Waals surface area (Å²) in [6.07, 6.45) is 10.2. The van der Waals surface area contributed by atoms with Crippen molar-refractivity contribution in [1.29, 1.82) is 0 Å². The average Bonchev–Trinajstić information content (AvgIpc) is 2.42. The highest BCUT2D eigenvalue weighted by atomic mass is 79.9. The Morgan fingerprint density at radius 3 is 2.78 bits per heavy atom. The molecular weight excluding hydrogens is 294 g/mol. The lowest BCUT2D eigenvalue weighted by atomic mass is 10.0. The summed E-state index contributed by atoms with van der Waals surface area (Å²) in [6.45, 7) is 0.793. The number of nitrogens with zero attached hydrogens (tertiary/aromatic N) is 1. The first kappa shape index (κ1) is 15.2. The Hall–Kier alpha value is -0.840. The average molecular weight is 316 g/mol.